The molecule has 25 heavy (non-hydrogen) atoms. The van der Waals surface area contributed by atoms with Crippen molar-refractivity contribution in [3.8, 4) is 0 Å². The van der Waals surface area contributed by atoms with Gasteiger partial charge in [0, 0.05) is 38.1 Å². The van der Waals surface area contributed by atoms with E-state index in [9.17, 15) is 0 Å². The summed E-state index contributed by atoms with van der Waals surface area (Å²) in [6.45, 7) is 4.86. The van der Waals surface area contributed by atoms with E-state index >= 15 is 0 Å². The molecule has 2 aromatic rings. The molecule has 3 aliphatic rings. The maximum absolute atomic E-state index is 3.89. The molecular weight excluding hydrogens is 304 g/mol. The molecule has 2 aromatic carbocycles. The summed E-state index contributed by atoms with van der Waals surface area (Å²) >= 11 is 0. The topological polar surface area (TPSA) is 15.3 Å². The van der Waals surface area contributed by atoms with Crippen LogP contribution in [0, 0.1) is 5.41 Å². The molecule has 0 amide bonds. The largest absolute Gasteiger partial charge is 0.313 e. The van der Waals surface area contributed by atoms with E-state index in [-0.39, 0.29) is 0 Å². The van der Waals surface area contributed by atoms with Crippen molar-refractivity contribution in [3.63, 3.8) is 0 Å². The van der Waals surface area contributed by atoms with E-state index in [1.54, 1.807) is 11.1 Å². The molecule has 0 saturated heterocycles. The average molecular weight is 332 g/mol. The van der Waals surface area contributed by atoms with Crippen LogP contribution in [0.15, 0.2) is 54.6 Å². The molecule has 2 atom stereocenters. The van der Waals surface area contributed by atoms with Gasteiger partial charge in [-0.15, -0.1) is 0 Å². The fourth-order valence-electron chi connectivity index (χ4n) is 4.57. The number of benzene rings is 2. The van der Waals surface area contributed by atoms with E-state index in [0.717, 1.165) is 12.5 Å². The molecule has 0 aromatic heterocycles. The molecule has 5 rings (SSSR count). The lowest BCUT2D eigenvalue weighted by molar-refractivity contribution is 0.199. The summed E-state index contributed by atoms with van der Waals surface area (Å²) in [5.41, 5.74) is 5.17. The summed E-state index contributed by atoms with van der Waals surface area (Å²) < 4.78 is 0. The predicted molar refractivity (Wildman–Crippen MR) is 103 cm³/mol. The third-order valence-corrected chi connectivity index (χ3v) is 6.48. The van der Waals surface area contributed by atoms with Crippen LogP contribution in [0.3, 0.4) is 0 Å². The Hall–Kier alpha value is -1.64. The fourth-order valence-corrected chi connectivity index (χ4v) is 4.57. The zero-order valence-electron chi connectivity index (χ0n) is 15.0. The number of rotatable bonds is 6. The Labute approximate surface area is 151 Å². The van der Waals surface area contributed by atoms with Gasteiger partial charge in [0.2, 0.25) is 0 Å². The summed E-state index contributed by atoms with van der Waals surface area (Å²) in [5.74, 6) is 0.749. The van der Waals surface area contributed by atoms with Gasteiger partial charge < -0.3 is 5.32 Å². The van der Waals surface area contributed by atoms with Crippen molar-refractivity contribution in [3.05, 3.63) is 71.3 Å². The van der Waals surface area contributed by atoms with Gasteiger partial charge in [-0.1, -0.05) is 54.6 Å². The molecule has 0 spiro atoms. The SMILES string of the molecule is c1ccc([C@H]2C[C@@H]2NCC2(CN3CCc4ccccc4C3)CC2)cc1. The van der Waals surface area contributed by atoms with Crippen molar-refractivity contribution in [1.82, 2.24) is 10.2 Å². The van der Waals surface area contributed by atoms with E-state index in [2.05, 4.69) is 64.8 Å². The molecule has 2 fully saturated rings. The van der Waals surface area contributed by atoms with Crippen molar-refractivity contribution < 1.29 is 0 Å². The van der Waals surface area contributed by atoms with Gasteiger partial charge in [-0.3, -0.25) is 4.90 Å². The van der Waals surface area contributed by atoms with Crippen LogP contribution in [-0.4, -0.2) is 30.6 Å². The first-order valence-electron chi connectivity index (χ1n) is 9.89. The molecule has 0 bridgehead atoms. The maximum Gasteiger partial charge on any atom is 0.0236 e. The van der Waals surface area contributed by atoms with Crippen molar-refractivity contribution >= 4 is 0 Å². The lowest BCUT2D eigenvalue weighted by atomic mass is 9.98. The highest BCUT2D eigenvalue weighted by Gasteiger charge is 2.46. The van der Waals surface area contributed by atoms with Crippen LogP contribution in [0.1, 0.15) is 41.9 Å². The van der Waals surface area contributed by atoms with Gasteiger partial charge in [-0.25, -0.2) is 0 Å². The number of hydrogen-bond acceptors (Lipinski definition) is 2. The van der Waals surface area contributed by atoms with E-state index < -0.39 is 0 Å². The molecule has 1 aliphatic heterocycles. The van der Waals surface area contributed by atoms with Gasteiger partial charge in [-0.05, 0) is 47.8 Å². The minimum atomic E-state index is 0.552. The molecule has 1 heterocycles. The van der Waals surface area contributed by atoms with Crippen LogP contribution in [0.25, 0.3) is 0 Å². The number of nitrogens with one attached hydrogen (secondary N) is 1. The molecule has 0 radical (unpaired) electrons. The van der Waals surface area contributed by atoms with Gasteiger partial charge in [-0.2, -0.15) is 0 Å². The smallest absolute Gasteiger partial charge is 0.0236 e. The highest BCUT2D eigenvalue weighted by Crippen LogP contribution is 2.48. The van der Waals surface area contributed by atoms with Crippen molar-refractivity contribution in [2.24, 2.45) is 5.41 Å². The van der Waals surface area contributed by atoms with Gasteiger partial charge in [0.15, 0.2) is 0 Å². The van der Waals surface area contributed by atoms with Crippen molar-refractivity contribution in [2.75, 3.05) is 19.6 Å². The standard InChI is InChI=1S/C23H28N2/c1-2-7-19(8-3-1)21-14-22(21)24-16-23(11-12-23)17-25-13-10-18-6-4-5-9-20(18)15-25/h1-9,21-22,24H,10-17H2/t21-,22+/m1/s1. The van der Waals surface area contributed by atoms with E-state index in [1.807, 2.05) is 0 Å². The third-order valence-electron chi connectivity index (χ3n) is 6.48. The zero-order chi connectivity index (χ0) is 16.7. The Bertz CT molecular complexity index is 735. The maximum atomic E-state index is 3.89. The van der Waals surface area contributed by atoms with Crippen molar-refractivity contribution in [2.45, 2.75) is 44.2 Å². The second-order valence-electron chi connectivity index (χ2n) is 8.47. The second kappa shape index (κ2) is 6.26. The molecule has 2 nitrogen and oxygen atoms in total. The summed E-state index contributed by atoms with van der Waals surface area (Å²) in [6, 6.07) is 20.7. The summed E-state index contributed by atoms with van der Waals surface area (Å²) in [7, 11) is 0. The minimum absolute atomic E-state index is 0.552. The highest BCUT2D eigenvalue weighted by molar-refractivity contribution is 5.29. The molecular formula is C23H28N2. The first kappa shape index (κ1) is 15.6. The summed E-state index contributed by atoms with van der Waals surface area (Å²) in [6.07, 6.45) is 5.34. The second-order valence-corrected chi connectivity index (χ2v) is 8.47. The lowest BCUT2D eigenvalue weighted by Gasteiger charge is -2.32. The molecule has 2 saturated carbocycles. The minimum Gasteiger partial charge on any atom is -0.313 e. The van der Waals surface area contributed by atoms with Crippen LogP contribution in [0.5, 0.6) is 0 Å². The normalized spacial score (nSPS) is 26.9. The Balaban J connectivity index is 1.14. The zero-order valence-corrected chi connectivity index (χ0v) is 15.0. The van der Waals surface area contributed by atoms with E-state index in [0.29, 0.717) is 11.5 Å². The first-order valence-corrected chi connectivity index (χ1v) is 9.89. The number of hydrogen-bond donors (Lipinski definition) is 1. The Morgan fingerprint density at radius 2 is 1.72 bits per heavy atom. The first-order chi connectivity index (χ1) is 12.3. The summed E-state index contributed by atoms with van der Waals surface area (Å²) in [4.78, 5) is 2.69. The predicted octanol–water partition coefficient (Wildman–Crippen LogP) is 3.97. The van der Waals surface area contributed by atoms with E-state index in [4.69, 9.17) is 0 Å². The van der Waals surface area contributed by atoms with Gasteiger partial charge in [0.1, 0.15) is 0 Å². The Morgan fingerprint density at radius 1 is 0.960 bits per heavy atom. The average Bonchev–Trinajstić information content (AvgIpc) is 3.57. The van der Waals surface area contributed by atoms with E-state index in [1.165, 1.54) is 50.9 Å². The fraction of sp³-hybridized carbons (Fsp3) is 0.478. The number of nitrogens with zero attached hydrogens (tertiary/aromatic N) is 1. The molecule has 2 aliphatic carbocycles. The van der Waals surface area contributed by atoms with Gasteiger partial charge in [0.25, 0.3) is 0 Å². The van der Waals surface area contributed by atoms with Crippen LogP contribution in [-0.2, 0) is 13.0 Å². The quantitative estimate of drug-likeness (QED) is 0.861. The van der Waals surface area contributed by atoms with Crippen LogP contribution >= 0.6 is 0 Å². The molecule has 130 valence electrons. The van der Waals surface area contributed by atoms with Gasteiger partial charge >= 0.3 is 0 Å². The lowest BCUT2D eigenvalue weighted by Crippen LogP contribution is -2.39. The Morgan fingerprint density at radius 3 is 2.52 bits per heavy atom. The highest BCUT2D eigenvalue weighted by atomic mass is 15.1. The summed E-state index contributed by atoms with van der Waals surface area (Å²) in [5, 5.41) is 3.89. The number of fused-ring (bicyclic) bond motifs is 1. The third kappa shape index (κ3) is 3.38. The molecule has 1 N–H and O–H groups in total. The van der Waals surface area contributed by atoms with Gasteiger partial charge in [0.05, 0.1) is 0 Å². The molecule has 2 heteroatoms. The van der Waals surface area contributed by atoms with Crippen LogP contribution in [0.2, 0.25) is 0 Å². The van der Waals surface area contributed by atoms with Crippen molar-refractivity contribution in [1.29, 1.82) is 0 Å². The Kier molecular flexibility index (Phi) is 3.91. The monoisotopic (exact) mass is 332 g/mol. The van der Waals surface area contributed by atoms with Crippen LogP contribution in [0.4, 0.5) is 0 Å². The molecule has 0 unspecified atom stereocenters. The van der Waals surface area contributed by atoms with Crippen LogP contribution < -0.4 is 5.32 Å².